The number of benzene rings is 2. The third kappa shape index (κ3) is 7.23. The van der Waals surface area contributed by atoms with Crippen molar-refractivity contribution in [2.75, 3.05) is 10.6 Å². The van der Waals surface area contributed by atoms with Gasteiger partial charge >= 0.3 is 0 Å². The Bertz CT molecular complexity index is 1180. The van der Waals surface area contributed by atoms with Crippen molar-refractivity contribution < 1.29 is 9.59 Å². The Morgan fingerprint density at radius 3 is 1.36 bits per heavy atom. The summed E-state index contributed by atoms with van der Waals surface area (Å²) in [6.45, 7) is 7.77. The number of anilines is 2. The Morgan fingerprint density at radius 2 is 1.03 bits per heavy atom. The molecule has 0 fully saturated rings. The Labute approximate surface area is 210 Å². The lowest BCUT2D eigenvalue weighted by Crippen LogP contribution is -2.19. The molecule has 0 aliphatic carbocycles. The minimum Gasteiger partial charge on any atom is -0.383 e. The van der Waals surface area contributed by atoms with Gasteiger partial charge in [0.05, 0.1) is 0 Å². The molecule has 0 spiro atoms. The monoisotopic (exact) mass is 485 g/mol. The largest absolute Gasteiger partial charge is 0.383 e. The molecule has 1 aromatic heterocycles. The number of pyridine rings is 1. The smallest absolute Gasteiger partial charge is 0.274 e. The number of aromatic nitrogens is 1. The number of nitrogens with zero attached hydrogens (tertiary/aromatic N) is 3. The minimum absolute atomic E-state index is 0.0854. The quantitative estimate of drug-likeness (QED) is 0.283. The van der Waals surface area contributed by atoms with Crippen LogP contribution < -0.4 is 22.1 Å². The summed E-state index contributed by atoms with van der Waals surface area (Å²) in [6.07, 6.45) is 0. The van der Waals surface area contributed by atoms with Crippen LogP contribution in [0.15, 0.2) is 76.7 Å². The second-order valence-corrected chi connectivity index (χ2v) is 8.69. The van der Waals surface area contributed by atoms with E-state index in [1.54, 1.807) is 66.7 Å². The van der Waals surface area contributed by atoms with Crippen LogP contribution >= 0.6 is 0 Å². The highest BCUT2D eigenvalue weighted by Crippen LogP contribution is 2.14. The molecule has 0 aliphatic heterocycles. The van der Waals surface area contributed by atoms with E-state index >= 15 is 0 Å². The number of carbonyl (C=O) groups is 2. The normalized spacial score (nSPS) is 12.1. The summed E-state index contributed by atoms with van der Waals surface area (Å²) in [5, 5.41) is 5.55. The molecule has 186 valence electrons. The zero-order valence-corrected chi connectivity index (χ0v) is 20.8. The van der Waals surface area contributed by atoms with Crippen LogP contribution in [0, 0.1) is 0 Å². The van der Waals surface area contributed by atoms with Crippen molar-refractivity contribution in [3.8, 4) is 0 Å². The standard InChI is InChI=1S/C27H31N7O2/c1-16(2)30-24(28)18-8-12-20(13-9-18)32-26(35)22-6-5-7-23(34-22)27(36)33-21-14-10-19(11-15-21)25(29)31-17(3)4/h5-17H,1-4H3,(H2,28,30)(H2,29,31)(H,32,35)(H,33,36). The highest BCUT2D eigenvalue weighted by molar-refractivity contribution is 6.06. The molecule has 6 N–H and O–H groups in total. The Balaban J connectivity index is 1.66. The summed E-state index contributed by atoms with van der Waals surface area (Å²) < 4.78 is 0. The zero-order valence-electron chi connectivity index (χ0n) is 20.8. The third-order valence-electron chi connectivity index (χ3n) is 4.89. The van der Waals surface area contributed by atoms with Crippen LogP contribution in [0.1, 0.15) is 59.8 Å². The SMILES string of the molecule is CC(C)N=C(N)c1ccc(NC(=O)c2cccc(C(=O)Nc3ccc(C(N)=NC(C)C)cc3)n2)cc1. The van der Waals surface area contributed by atoms with Crippen LogP contribution in [0.5, 0.6) is 0 Å². The van der Waals surface area contributed by atoms with Crippen molar-refractivity contribution in [2.45, 2.75) is 39.8 Å². The average molecular weight is 486 g/mol. The van der Waals surface area contributed by atoms with Gasteiger partial charge in [0.25, 0.3) is 11.8 Å². The number of carbonyl (C=O) groups excluding carboxylic acids is 2. The van der Waals surface area contributed by atoms with E-state index in [4.69, 9.17) is 11.5 Å². The Morgan fingerprint density at radius 1 is 0.667 bits per heavy atom. The summed E-state index contributed by atoms with van der Waals surface area (Å²) in [7, 11) is 0. The van der Waals surface area contributed by atoms with Crippen molar-refractivity contribution in [1.29, 1.82) is 0 Å². The van der Waals surface area contributed by atoms with Gasteiger partial charge in [-0.25, -0.2) is 4.98 Å². The van der Waals surface area contributed by atoms with Gasteiger partial charge in [-0.15, -0.1) is 0 Å². The summed E-state index contributed by atoms with van der Waals surface area (Å²) in [5.74, 6) is -0.00826. The second-order valence-electron chi connectivity index (χ2n) is 8.69. The molecule has 1 heterocycles. The number of hydrogen-bond donors (Lipinski definition) is 4. The van der Waals surface area contributed by atoms with E-state index in [1.165, 1.54) is 0 Å². The van der Waals surface area contributed by atoms with E-state index in [0.29, 0.717) is 23.0 Å². The van der Waals surface area contributed by atoms with Gasteiger partial charge in [-0.2, -0.15) is 0 Å². The topological polar surface area (TPSA) is 148 Å². The molecule has 0 atom stereocenters. The van der Waals surface area contributed by atoms with Crippen LogP contribution in [0.25, 0.3) is 0 Å². The van der Waals surface area contributed by atoms with E-state index in [-0.39, 0.29) is 23.5 Å². The van der Waals surface area contributed by atoms with Gasteiger partial charge in [-0.3, -0.25) is 19.6 Å². The van der Waals surface area contributed by atoms with Crippen molar-refractivity contribution >= 4 is 34.9 Å². The number of aliphatic imine (C=N–C) groups is 2. The van der Waals surface area contributed by atoms with Crippen LogP contribution in [0.2, 0.25) is 0 Å². The predicted octanol–water partition coefficient (Wildman–Crippen LogP) is 3.81. The lowest BCUT2D eigenvalue weighted by atomic mass is 10.2. The average Bonchev–Trinajstić information content (AvgIpc) is 2.84. The molecule has 2 amide bonds. The molecular formula is C27H31N7O2. The number of amidine groups is 2. The van der Waals surface area contributed by atoms with E-state index in [1.807, 2.05) is 27.7 Å². The van der Waals surface area contributed by atoms with Crippen LogP contribution in [-0.4, -0.2) is 40.6 Å². The van der Waals surface area contributed by atoms with Crippen molar-refractivity contribution in [1.82, 2.24) is 4.98 Å². The molecule has 3 aromatic rings. The number of hydrogen-bond acceptors (Lipinski definition) is 5. The van der Waals surface area contributed by atoms with E-state index in [9.17, 15) is 9.59 Å². The fourth-order valence-electron chi connectivity index (χ4n) is 3.23. The van der Waals surface area contributed by atoms with E-state index in [0.717, 1.165) is 11.1 Å². The van der Waals surface area contributed by atoms with E-state index in [2.05, 4.69) is 25.6 Å². The maximum atomic E-state index is 12.7. The third-order valence-corrected chi connectivity index (χ3v) is 4.89. The van der Waals surface area contributed by atoms with Crippen LogP contribution in [-0.2, 0) is 0 Å². The van der Waals surface area contributed by atoms with Gasteiger partial charge in [0.1, 0.15) is 23.1 Å². The number of amides is 2. The predicted molar refractivity (Wildman–Crippen MR) is 145 cm³/mol. The molecule has 9 nitrogen and oxygen atoms in total. The lowest BCUT2D eigenvalue weighted by Gasteiger charge is -2.09. The van der Waals surface area contributed by atoms with E-state index < -0.39 is 11.8 Å². The molecule has 36 heavy (non-hydrogen) atoms. The summed E-state index contributed by atoms with van der Waals surface area (Å²) in [5.41, 5.74) is 14.8. The first-order valence-electron chi connectivity index (χ1n) is 11.6. The second kappa shape index (κ2) is 11.7. The fourth-order valence-corrected chi connectivity index (χ4v) is 3.23. The minimum atomic E-state index is -0.439. The molecule has 9 heteroatoms. The molecule has 0 aliphatic rings. The number of nitrogens with two attached hydrogens (primary N) is 2. The molecule has 2 aromatic carbocycles. The van der Waals surface area contributed by atoms with Gasteiger partial charge < -0.3 is 22.1 Å². The zero-order chi connectivity index (χ0) is 26.2. The first-order chi connectivity index (χ1) is 17.1. The van der Waals surface area contributed by atoms with Gasteiger partial charge in [-0.05, 0) is 88.4 Å². The molecule has 0 radical (unpaired) electrons. The van der Waals surface area contributed by atoms with Crippen LogP contribution in [0.3, 0.4) is 0 Å². The molecule has 0 bridgehead atoms. The molecule has 3 rings (SSSR count). The highest BCUT2D eigenvalue weighted by atomic mass is 16.2. The number of rotatable bonds is 8. The summed E-state index contributed by atoms with van der Waals surface area (Å²) in [6, 6.07) is 18.9. The van der Waals surface area contributed by atoms with Crippen molar-refractivity contribution in [3.63, 3.8) is 0 Å². The highest BCUT2D eigenvalue weighted by Gasteiger charge is 2.13. The molecule has 0 unspecified atom stereocenters. The Kier molecular flexibility index (Phi) is 8.51. The number of nitrogens with one attached hydrogen (secondary N) is 2. The Hall–Kier alpha value is -4.53. The van der Waals surface area contributed by atoms with Gasteiger partial charge in [-0.1, -0.05) is 6.07 Å². The van der Waals surface area contributed by atoms with Gasteiger partial charge in [0.2, 0.25) is 0 Å². The summed E-state index contributed by atoms with van der Waals surface area (Å²) >= 11 is 0. The van der Waals surface area contributed by atoms with Crippen molar-refractivity contribution in [2.24, 2.45) is 21.5 Å². The van der Waals surface area contributed by atoms with Crippen LogP contribution in [0.4, 0.5) is 11.4 Å². The first-order valence-corrected chi connectivity index (χ1v) is 11.6. The molecule has 0 saturated heterocycles. The summed E-state index contributed by atoms with van der Waals surface area (Å²) in [4.78, 5) is 38.3. The molecule has 0 saturated carbocycles. The lowest BCUT2D eigenvalue weighted by molar-refractivity contribution is 0.101. The first kappa shape index (κ1) is 26.1. The van der Waals surface area contributed by atoms with Gasteiger partial charge in [0, 0.05) is 34.6 Å². The maximum Gasteiger partial charge on any atom is 0.274 e. The fraction of sp³-hybridized carbons (Fsp3) is 0.222. The molecular weight excluding hydrogens is 454 g/mol. The van der Waals surface area contributed by atoms with Crippen molar-refractivity contribution in [3.05, 3.63) is 89.2 Å². The van der Waals surface area contributed by atoms with Gasteiger partial charge in [0.15, 0.2) is 0 Å². The maximum absolute atomic E-state index is 12.7.